The number of nitrogens with zero attached hydrogens (tertiary/aromatic N) is 5. The number of amides is 2. The molecule has 0 aromatic carbocycles. The lowest BCUT2D eigenvalue weighted by Crippen LogP contribution is -2.48. The van der Waals surface area contributed by atoms with Crippen molar-refractivity contribution in [1.82, 2.24) is 30.0 Å². The minimum atomic E-state index is -5.71. The zero-order valence-corrected chi connectivity index (χ0v) is 18.7. The Morgan fingerprint density at radius 1 is 1.28 bits per heavy atom. The van der Waals surface area contributed by atoms with Crippen molar-refractivity contribution in [3.63, 3.8) is 0 Å². The van der Waals surface area contributed by atoms with Gasteiger partial charge in [0, 0.05) is 25.2 Å². The fourth-order valence-corrected chi connectivity index (χ4v) is 4.01. The Morgan fingerprint density at radius 3 is 2.67 bits per heavy atom. The summed E-state index contributed by atoms with van der Waals surface area (Å²) >= 11 is 0. The van der Waals surface area contributed by atoms with Crippen LogP contribution in [0.5, 0.6) is 0 Å². The molecule has 0 saturated heterocycles. The number of hydrogen-bond donors (Lipinski definition) is 3. The molecular weight excluding hydrogens is 491 g/mol. The Morgan fingerprint density at radius 2 is 2.00 bits per heavy atom. The molecule has 3 aromatic rings. The Labute approximate surface area is 199 Å². The summed E-state index contributed by atoms with van der Waals surface area (Å²) in [4.78, 5) is 38.2. The first-order valence-corrected chi connectivity index (χ1v) is 10.9. The van der Waals surface area contributed by atoms with Crippen LogP contribution in [-0.4, -0.2) is 54.7 Å². The van der Waals surface area contributed by atoms with Crippen molar-refractivity contribution in [1.29, 1.82) is 0 Å². The summed E-state index contributed by atoms with van der Waals surface area (Å²) in [6.07, 6.45) is -4.32. The van der Waals surface area contributed by atoms with E-state index in [4.69, 9.17) is 5.73 Å². The Bertz CT molecular complexity index is 1400. The maximum atomic E-state index is 13.5. The van der Waals surface area contributed by atoms with E-state index >= 15 is 0 Å². The summed E-state index contributed by atoms with van der Waals surface area (Å²) < 4.78 is 65.8. The summed E-state index contributed by atoms with van der Waals surface area (Å²) in [5, 5.41) is 9.69. The molecule has 3 aromatic heterocycles. The highest BCUT2D eigenvalue weighted by atomic mass is 19.4. The molecule has 15 heteroatoms. The van der Waals surface area contributed by atoms with Crippen molar-refractivity contribution < 1.29 is 31.5 Å². The first-order chi connectivity index (χ1) is 16.8. The molecule has 1 aliphatic carbocycles. The number of anilines is 2. The number of rotatable bonds is 6. The Balaban J connectivity index is 1.54. The third-order valence-corrected chi connectivity index (χ3v) is 6.26. The molecule has 1 saturated carbocycles. The zero-order valence-electron chi connectivity index (χ0n) is 18.7. The highest BCUT2D eigenvalue weighted by molar-refractivity contribution is 6.21. The van der Waals surface area contributed by atoms with Crippen molar-refractivity contribution in [3.05, 3.63) is 23.9 Å². The molecule has 10 nitrogen and oxygen atoms in total. The van der Waals surface area contributed by atoms with Gasteiger partial charge in [-0.05, 0) is 31.9 Å². The summed E-state index contributed by atoms with van der Waals surface area (Å²) in [6.45, 7) is 0.608. The number of hydrogen-bond acceptors (Lipinski definition) is 7. The number of carbonyl (C=O) groups excluding carboxylic acids is 2. The predicted molar refractivity (Wildman–Crippen MR) is 116 cm³/mol. The van der Waals surface area contributed by atoms with Crippen molar-refractivity contribution in [3.8, 4) is 11.5 Å². The van der Waals surface area contributed by atoms with Crippen LogP contribution in [0.1, 0.15) is 31.7 Å². The fraction of sp³-hybridized carbons (Fsp3) is 0.429. The van der Waals surface area contributed by atoms with Gasteiger partial charge in [0.15, 0.2) is 16.9 Å². The average Bonchev–Trinajstić information content (AvgIpc) is 3.47. The third-order valence-electron chi connectivity index (χ3n) is 6.26. The van der Waals surface area contributed by atoms with E-state index in [1.807, 2.05) is 0 Å². The van der Waals surface area contributed by atoms with Gasteiger partial charge in [-0.15, -0.1) is 0 Å². The lowest BCUT2D eigenvalue weighted by molar-refractivity contribution is -0.285. The van der Waals surface area contributed by atoms with E-state index in [1.54, 1.807) is 0 Å². The van der Waals surface area contributed by atoms with Gasteiger partial charge in [0.2, 0.25) is 11.8 Å². The number of carbonyl (C=O) groups is 2. The zero-order chi connectivity index (χ0) is 26.0. The van der Waals surface area contributed by atoms with E-state index in [0.29, 0.717) is 0 Å². The maximum Gasteiger partial charge on any atom is 0.453 e. The van der Waals surface area contributed by atoms with Crippen molar-refractivity contribution in [2.24, 2.45) is 0 Å². The average molecular weight is 510 g/mol. The number of nitrogens with two attached hydrogens (primary N) is 1. The van der Waals surface area contributed by atoms with E-state index in [0.717, 1.165) is 17.5 Å². The summed E-state index contributed by atoms with van der Waals surface area (Å²) in [5.74, 6) is -6.46. The van der Waals surface area contributed by atoms with Gasteiger partial charge >= 0.3 is 12.1 Å². The molecular formula is C21H19F5N8O2. The molecule has 0 radical (unpaired) electrons. The molecule has 36 heavy (non-hydrogen) atoms. The SMILES string of the molecule is C[C@@]1(C(=O)NC2CC2)C(=O)Nc2nc(-c3nn(CCC(F)(F)C(F)(F)F)c4ncccc34)nc(N)c21. The third kappa shape index (κ3) is 3.69. The second kappa shape index (κ2) is 7.80. The number of halogens is 5. The molecule has 2 amide bonds. The smallest absolute Gasteiger partial charge is 0.383 e. The van der Waals surface area contributed by atoms with E-state index in [9.17, 15) is 31.5 Å². The van der Waals surface area contributed by atoms with Gasteiger partial charge in [-0.3, -0.25) is 9.59 Å². The summed E-state index contributed by atoms with van der Waals surface area (Å²) in [7, 11) is 0. The van der Waals surface area contributed by atoms with Gasteiger partial charge < -0.3 is 16.4 Å². The van der Waals surface area contributed by atoms with Crippen LogP contribution in [0, 0.1) is 0 Å². The number of alkyl halides is 5. The monoisotopic (exact) mass is 510 g/mol. The predicted octanol–water partition coefficient (Wildman–Crippen LogP) is 2.55. The minimum absolute atomic E-state index is 0.00760. The van der Waals surface area contributed by atoms with Crippen LogP contribution in [-0.2, 0) is 21.5 Å². The van der Waals surface area contributed by atoms with Crippen LogP contribution in [0.4, 0.5) is 33.6 Å². The molecule has 1 aliphatic heterocycles. The molecule has 0 unspecified atom stereocenters. The number of nitrogens with one attached hydrogen (secondary N) is 2. The number of pyridine rings is 1. The lowest BCUT2D eigenvalue weighted by atomic mass is 9.83. The quantitative estimate of drug-likeness (QED) is 0.342. The fourth-order valence-electron chi connectivity index (χ4n) is 4.01. The second-order valence-electron chi connectivity index (χ2n) is 8.88. The molecule has 1 atom stereocenters. The molecule has 190 valence electrons. The van der Waals surface area contributed by atoms with Crippen LogP contribution in [0.25, 0.3) is 22.6 Å². The topological polar surface area (TPSA) is 141 Å². The maximum absolute atomic E-state index is 13.5. The lowest BCUT2D eigenvalue weighted by Gasteiger charge is -2.21. The van der Waals surface area contributed by atoms with E-state index < -0.39 is 42.3 Å². The summed E-state index contributed by atoms with van der Waals surface area (Å²) in [5.41, 5.74) is 4.60. The van der Waals surface area contributed by atoms with Gasteiger partial charge in [0.05, 0.1) is 10.9 Å². The van der Waals surface area contributed by atoms with Crippen molar-refractivity contribution >= 4 is 34.5 Å². The molecule has 2 aliphatic rings. The molecule has 4 heterocycles. The standard InChI is InChI=1S/C21H19F5N8O2/c1-19(17(35)29-9-4-5-9)11-13(27)30-15(31-14(11)32-18(19)36)12-10-3-2-7-28-16(10)34(33-12)8-6-20(22,23)21(24,25)26/h2-3,7,9H,4-6,8H2,1H3,(H,29,35)(H3,27,30,31,32,36)/t19-/m1/s1. The van der Waals surface area contributed by atoms with Gasteiger partial charge in [0.25, 0.3) is 0 Å². The van der Waals surface area contributed by atoms with Crippen LogP contribution >= 0.6 is 0 Å². The highest BCUT2D eigenvalue weighted by Gasteiger charge is 2.57. The van der Waals surface area contributed by atoms with Crippen LogP contribution < -0.4 is 16.4 Å². The summed E-state index contributed by atoms with van der Waals surface area (Å²) in [6, 6.07) is 3.02. The molecule has 4 N–H and O–H groups in total. The first-order valence-electron chi connectivity index (χ1n) is 10.9. The number of aromatic nitrogens is 5. The molecule has 1 fully saturated rings. The Hall–Kier alpha value is -3.91. The van der Waals surface area contributed by atoms with Crippen LogP contribution in [0.15, 0.2) is 18.3 Å². The largest absolute Gasteiger partial charge is 0.453 e. The minimum Gasteiger partial charge on any atom is -0.383 e. The van der Waals surface area contributed by atoms with Gasteiger partial charge in [-0.1, -0.05) is 0 Å². The van der Waals surface area contributed by atoms with E-state index in [2.05, 4.69) is 30.7 Å². The Kier molecular flexibility index (Phi) is 5.16. The second-order valence-corrected chi connectivity index (χ2v) is 8.88. The van der Waals surface area contributed by atoms with Gasteiger partial charge in [0.1, 0.15) is 17.3 Å². The normalized spacial score (nSPS) is 19.9. The van der Waals surface area contributed by atoms with Gasteiger partial charge in [-0.2, -0.15) is 27.1 Å². The first kappa shape index (κ1) is 23.8. The van der Waals surface area contributed by atoms with E-state index in [1.165, 1.54) is 25.3 Å². The highest BCUT2D eigenvalue weighted by Crippen LogP contribution is 2.42. The molecule has 0 bridgehead atoms. The van der Waals surface area contributed by atoms with Crippen LogP contribution in [0.2, 0.25) is 0 Å². The van der Waals surface area contributed by atoms with Crippen molar-refractivity contribution in [2.45, 2.75) is 56.3 Å². The van der Waals surface area contributed by atoms with Gasteiger partial charge in [-0.25, -0.2) is 19.6 Å². The molecule has 5 rings (SSSR count). The molecule has 0 spiro atoms. The number of aryl methyl sites for hydroxylation is 1. The van der Waals surface area contributed by atoms with Crippen LogP contribution in [0.3, 0.4) is 0 Å². The van der Waals surface area contributed by atoms with E-state index in [-0.39, 0.29) is 45.8 Å². The van der Waals surface area contributed by atoms with Crippen molar-refractivity contribution in [2.75, 3.05) is 11.1 Å². The number of nitrogen functional groups attached to an aromatic ring is 1. The number of fused-ring (bicyclic) bond motifs is 2.